The van der Waals surface area contributed by atoms with Gasteiger partial charge in [0.2, 0.25) is 0 Å². The van der Waals surface area contributed by atoms with E-state index in [1.807, 2.05) is 6.07 Å². The molecule has 0 atom stereocenters. The van der Waals surface area contributed by atoms with Crippen LogP contribution in [0.25, 0.3) is 11.0 Å². The summed E-state index contributed by atoms with van der Waals surface area (Å²) >= 11 is 0. The van der Waals surface area contributed by atoms with Crippen molar-refractivity contribution in [2.75, 3.05) is 40.0 Å². The van der Waals surface area contributed by atoms with E-state index in [2.05, 4.69) is 50.3 Å². The molecule has 0 radical (unpaired) electrons. The Bertz CT molecular complexity index is 759. The number of rotatable bonds is 9. The smallest absolute Gasteiger partial charge is 0.190 e. The summed E-state index contributed by atoms with van der Waals surface area (Å²) in [4.78, 5) is 8.92. The zero-order chi connectivity index (χ0) is 19.6. The highest BCUT2D eigenvalue weighted by atomic mass is 127. The zero-order valence-corrected chi connectivity index (χ0v) is 19.9. The van der Waals surface area contributed by atoms with Gasteiger partial charge in [0.05, 0.1) is 17.1 Å². The summed E-state index contributed by atoms with van der Waals surface area (Å²) in [6, 6.07) is 8.29. The fraction of sp³-hybridized carbons (Fsp3) is 0.619. The number of nitrogens with zero attached hydrogens (tertiary/aromatic N) is 3. The molecular formula is C21H34IN5O2. The minimum atomic E-state index is 0. The van der Waals surface area contributed by atoms with Crippen LogP contribution in [0.5, 0.6) is 0 Å². The third-order valence-electron chi connectivity index (χ3n) is 5.06. The molecule has 0 spiro atoms. The molecule has 1 aromatic heterocycles. The predicted molar refractivity (Wildman–Crippen MR) is 128 cm³/mol. The van der Waals surface area contributed by atoms with Crippen molar-refractivity contribution in [1.82, 2.24) is 20.2 Å². The van der Waals surface area contributed by atoms with E-state index in [1.165, 1.54) is 5.52 Å². The van der Waals surface area contributed by atoms with Crippen LogP contribution in [0, 0.1) is 6.92 Å². The number of benzene rings is 1. The predicted octanol–water partition coefficient (Wildman–Crippen LogP) is 3.10. The summed E-state index contributed by atoms with van der Waals surface area (Å²) in [6.45, 7) is 7.16. The number of fused-ring (bicyclic) bond motifs is 1. The molecule has 1 aliphatic heterocycles. The van der Waals surface area contributed by atoms with E-state index in [4.69, 9.17) is 9.47 Å². The lowest BCUT2D eigenvalue weighted by Gasteiger charge is -2.22. The van der Waals surface area contributed by atoms with Gasteiger partial charge in [0.25, 0.3) is 0 Å². The summed E-state index contributed by atoms with van der Waals surface area (Å²) in [5.41, 5.74) is 2.26. The van der Waals surface area contributed by atoms with Crippen molar-refractivity contribution in [3.63, 3.8) is 0 Å². The van der Waals surface area contributed by atoms with Crippen LogP contribution in [0.2, 0.25) is 0 Å². The van der Waals surface area contributed by atoms with Crippen molar-refractivity contribution >= 4 is 41.0 Å². The Labute approximate surface area is 190 Å². The van der Waals surface area contributed by atoms with Crippen LogP contribution in [-0.4, -0.2) is 61.6 Å². The Morgan fingerprint density at radius 3 is 2.69 bits per heavy atom. The average Bonchev–Trinajstić information content (AvgIpc) is 3.05. The van der Waals surface area contributed by atoms with Gasteiger partial charge in [-0.2, -0.15) is 0 Å². The highest BCUT2D eigenvalue weighted by Gasteiger charge is 2.13. The maximum absolute atomic E-state index is 5.90. The van der Waals surface area contributed by atoms with Gasteiger partial charge in [0.1, 0.15) is 5.82 Å². The molecule has 0 bridgehead atoms. The van der Waals surface area contributed by atoms with E-state index < -0.39 is 0 Å². The molecular weight excluding hydrogens is 481 g/mol. The molecule has 2 N–H and O–H groups in total. The first kappa shape index (κ1) is 23.9. The van der Waals surface area contributed by atoms with E-state index in [9.17, 15) is 0 Å². The van der Waals surface area contributed by atoms with Gasteiger partial charge in [-0.05, 0) is 44.7 Å². The number of imidazole rings is 1. The summed E-state index contributed by atoms with van der Waals surface area (Å²) in [5.74, 6) is 1.91. The number of aromatic nitrogens is 2. The first-order chi connectivity index (χ1) is 13.8. The van der Waals surface area contributed by atoms with Crippen LogP contribution in [0.3, 0.4) is 0 Å². The molecule has 162 valence electrons. The van der Waals surface area contributed by atoms with Gasteiger partial charge in [-0.3, -0.25) is 4.99 Å². The topological polar surface area (TPSA) is 72.7 Å². The number of ether oxygens (including phenoxy) is 2. The molecule has 1 fully saturated rings. The molecule has 29 heavy (non-hydrogen) atoms. The number of para-hydroxylation sites is 2. The Kier molecular flexibility index (Phi) is 10.7. The first-order valence-corrected chi connectivity index (χ1v) is 10.3. The molecule has 8 heteroatoms. The van der Waals surface area contributed by atoms with E-state index in [-0.39, 0.29) is 24.0 Å². The van der Waals surface area contributed by atoms with Gasteiger partial charge < -0.3 is 24.7 Å². The van der Waals surface area contributed by atoms with Gasteiger partial charge in [0, 0.05) is 46.5 Å². The maximum atomic E-state index is 5.90. The van der Waals surface area contributed by atoms with Crippen LogP contribution in [0.1, 0.15) is 31.5 Å². The molecule has 1 saturated heterocycles. The molecule has 1 aromatic carbocycles. The SMILES string of the molecule is CN=C(NCCCOC1CCOCC1)NCCCn1c(C)nc2ccccc21.I. The molecule has 1 aliphatic rings. The quantitative estimate of drug-likeness (QED) is 0.233. The normalized spacial score (nSPS) is 15.3. The molecule has 0 amide bonds. The second-order valence-electron chi connectivity index (χ2n) is 7.11. The molecule has 0 unspecified atom stereocenters. The summed E-state index contributed by atoms with van der Waals surface area (Å²) in [5, 5.41) is 6.74. The summed E-state index contributed by atoms with van der Waals surface area (Å²) in [7, 11) is 1.81. The zero-order valence-electron chi connectivity index (χ0n) is 17.5. The molecule has 0 aliphatic carbocycles. The molecule has 2 aromatic rings. The van der Waals surface area contributed by atoms with Crippen LogP contribution >= 0.6 is 24.0 Å². The van der Waals surface area contributed by atoms with Crippen molar-refractivity contribution in [2.24, 2.45) is 4.99 Å². The lowest BCUT2D eigenvalue weighted by atomic mass is 10.1. The summed E-state index contributed by atoms with van der Waals surface area (Å²) < 4.78 is 13.5. The van der Waals surface area contributed by atoms with Crippen molar-refractivity contribution in [2.45, 2.75) is 45.3 Å². The van der Waals surface area contributed by atoms with Crippen LogP contribution in [0.4, 0.5) is 0 Å². The third-order valence-corrected chi connectivity index (χ3v) is 5.06. The van der Waals surface area contributed by atoms with Crippen LogP contribution < -0.4 is 10.6 Å². The Hall–Kier alpha value is -1.39. The number of hydrogen-bond donors (Lipinski definition) is 2. The van der Waals surface area contributed by atoms with Gasteiger partial charge in [-0.25, -0.2) is 4.98 Å². The number of nitrogens with one attached hydrogen (secondary N) is 2. The van der Waals surface area contributed by atoms with E-state index in [0.717, 1.165) is 82.4 Å². The minimum Gasteiger partial charge on any atom is -0.381 e. The first-order valence-electron chi connectivity index (χ1n) is 10.3. The second kappa shape index (κ2) is 13.0. The number of aryl methyl sites for hydroxylation is 2. The van der Waals surface area contributed by atoms with Crippen molar-refractivity contribution in [3.8, 4) is 0 Å². The molecule has 3 rings (SSSR count). The Morgan fingerprint density at radius 2 is 1.93 bits per heavy atom. The molecule has 7 nitrogen and oxygen atoms in total. The fourth-order valence-corrected chi connectivity index (χ4v) is 3.51. The Morgan fingerprint density at radius 1 is 1.21 bits per heavy atom. The van der Waals surface area contributed by atoms with Crippen LogP contribution in [-0.2, 0) is 16.0 Å². The average molecular weight is 515 g/mol. The number of guanidine groups is 1. The lowest BCUT2D eigenvalue weighted by molar-refractivity contribution is -0.0320. The van der Waals surface area contributed by atoms with Gasteiger partial charge in [0.15, 0.2) is 5.96 Å². The monoisotopic (exact) mass is 515 g/mol. The standard InChI is InChI=1S/C21H33N5O2.HI/c1-17-25-19-7-3-4-8-20(19)26(17)13-5-11-23-21(22-2)24-12-6-14-28-18-9-15-27-16-10-18;/h3-4,7-8,18H,5-6,9-16H2,1-2H3,(H2,22,23,24);1H. The number of hydrogen-bond acceptors (Lipinski definition) is 4. The molecule has 0 saturated carbocycles. The van der Waals surface area contributed by atoms with Crippen LogP contribution in [0.15, 0.2) is 29.3 Å². The van der Waals surface area contributed by atoms with Gasteiger partial charge in [-0.15, -0.1) is 24.0 Å². The van der Waals surface area contributed by atoms with Crippen molar-refractivity contribution in [1.29, 1.82) is 0 Å². The Balaban J connectivity index is 0.00000300. The lowest BCUT2D eigenvalue weighted by Crippen LogP contribution is -2.38. The number of aliphatic imine (C=N–C) groups is 1. The summed E-state index contributed by atoms with van der Waals surface area (Å²) in [6.07, 6.45) is 4.38. The molecule has 2 heterocycles. The van der Waals surface area contributed by atoms with Crippen molar-refractivity contribution < 1.29 is 9.47 Å². The number of halogens is 1. The third kappa shape index (κ3) is 7.42. The second-order valence-corrected chi connectivity index (χ2v) is 7.11. The maximum Gasteiger partial charge on any atom is 0.190 e. The highest BCUT2D eigenvalue weighted by Crippen LogP contribution is 2.15. The van der Waals surface area contributed by atoms with E-state index in [1.54, 1.807) is 7.05 Å². The highest BCUT2D eigenvalue weighted by molar-refractivity contribution is 14.0. The van der Waals surface area contributed by atoms with Gasteiger partial charge >= 0.3 is 0 Å². The fourth-order valence-electron chi connectivity index (χ4n) is 3.51. The van der Waals surface area contributed by atoms with E-state index in [0.29, 0.717) is 6.10 Å². The minimum absolute atomic E-state index is 0. The van der Waals surface area contributed by atoms with E-state index >= 15 is 0 Å². The largest absolute Gasteiger partial charge is 0.381 e. The van der Waals surface area contributed by atoms with Crippen molar-refractivity contribution in [3.05, 3.63) is 30.1 Å². The van der Waals surface area contributed by atoms with Gasteiger partial charge in [-0.1, -0.05) is 12.1 Å².